The number of hydrogen-bond donors (Lipinski definition) is 0. The second-order valence-electron chi connectivity index (χ2n) is 3.41. The summed E-state index contributed by atoms with van der Waals surface area (Å²) in [4.78, 5) is 4.30. The van der Waals surface area contributed by atoms with E-state index >= 15 is 0 Å². The van der Waals surface area contributed by atoms with Gasteiger partial charge in [0, 0.05) is 24.6 Å². The van der Waals surface area contributed by atoms with Crippen LogP contribution >= 0.6 is 0 Å². The van der Waals surface area contributed by atoms with Gasteiger partial charge in [0.15, 0.2) is 0 Å². The van der Waals surface area contributed by atoms with Crippen molar-refractivity contribution >= 4 is 11.9 Å². The van der Waals surface area contributed by atoms with E-state index < -0.39 is 0 Å². The predicted molar refractivity (Wildman–Crippen MR) is 60.1 cm³/mol. The highest BCUT2D eigenvalue weighted by atomic mass is 14.7. The van der Waals surface area contributed by atoms with Crippen molar-refractivity contribution in [3.05, 3.63) is 29.3 Å². The van der Waals surface area contributed by atoms with E-state index in [4.69, 9.17) is 0 Å². The van der Waals surface area contributed by atoms with Crippen LogP contribution in [0.15, 0.2) is 23.2 Å². The molecule has 0 spiro atoms. The molecule has 0 N–H and O–H groups in total. The first-order chi connectivity index (χ1) is 6.90. The summed E-state index contributed by atoms with van der Waals surface area (Å²) >= 11 is 0. The fourth-order valence-electron chi connectivity index (χ4n) is 1.47. The Hall–Kier alpha value is -1.55. The van der Waals surface area contributed by atoms with Gasteiger partial charge in [0.2, 0.25) is 0 Å². The summed E-state index contributed by atoms with van der Waals surface area (Å²) in [6, 6.07) is 6.27. The van der Waals surface area contributed by atoms with Crippen LogP contribution in [-0.2, 0) is 6.42 Å². The SMILES string of the molecule is CCCC#Cc1ccc2c(c1)N=CC2. The van der Waals surface area contributed by atoms with Crippen LogP contribution in [0, 0.1) is 11.8 Å². The van der Waals surface area contributed by atoms with Gasteiger partial charge in [0.25, 0.3) is 0 Å². The zero-order valence-corrected chi connectivity index (χ0v) is 8.38. The molecular formula is C13H13N. The van der Waals surface area contributed by atoms with Gasteiger partial charge in [-0.3, -0.25) is 4.99 Å². The maximum Gasteiger partial charge on any atom is 0.0673 e. The Morgan fingerprint density at radius 1 is 1.43 bits per heavy atom. The largest absolute Gasteiger partial charge is 0.261 e. The lowest BCUT2D eigenvalue weighted by atomic mass is 10.1. The Kier molecular flexibility index (Phi) is 2.65. The van der Waals surface area contributed by atoms with E-state index in [9.17, 15) is 0 Å². The van der Waals surface area contributed by atoms with Gasteiger partial charge in [0.05, 0.1) is 5.69 Å². The van der Waals surface area contributed by atoms with Crippen molar-refractivity contribution in [1.82, 2.24) is 0 Å². The van der Waals surface area contributed by atoms with Crippen molar-refractivity contribution in [2.24, 2.45) is 4.99 Å². The monoisotopic (exact) mass is 183 g/mol. The van der Waals surface area contributed by atoms with Crippen LogP contribution in [0.1, 0.15) is 30.9 Å². The summed E-state index contributed by atoms with van der Waals surface area (Å²) in [6.45, 7) is 2.14. The highest BCUT2D eigenvalue weighted by Gasteiger charge is 2.05. The molecule has 2 rings (SSSR count). The highest BCUT2D eigenvalue weighted by molar-refractivity contribution is 5.76. The van der Waals surface area contributed by atoms with Crippen LogP contribution in [0.5, 0.6) is 0 Å². The average molecular weight is 183 g/mol. The van der Waals surface area contributed by atoms with E-state index in [0.717, 1.165) is 30.5 Å². The summed E-state index contributed by atoms with van der Waals surface area (Å²) in [5, 5.41) is 0. The number of nitrogens with zero attached hydrogens (tertiary/aromatic N) is 1. The standard InChI is InChI=1S/C13H13N/c1-2-3-4-5-11-6-7-12-8-9-14-13(12)10-11/h6-7,9-10H,2-3,8H2,1H3. The molecule has 1 nitrogen and oxygen atoms in total. The fourth-order valence-corrected chi connectivity index (χ4v) is 1.47. The van der Waals surface area contributed by atoms with Gasteiger partial charge in [-0.1, -0.05) is 24.8 Å². The molecule has 0 aromatic heterocycles. The molecule has 0 radical (unpaired) electrons. The Morgan fingerprint density at radius 2 is 2.36 bits per heavy atom. The maximum atomic E-state index is 4.30. The number of unbranched alkanes of at least 4 members (excludes halogenated alkanes) is 1. The van der Waals surface area contributed by atoms with E-state index in [1.807, 2.05) is 6.21 Å². The zero-order valence-electron chi connectivity index (χ0n) is 8.38. The molecule has 1 aliphatic heterocycles. The molecule has 0 saturated carbocycles. The lowest BCUT2D eigenvalue weighted by Crippen LogP contribution is -1.80. The molecule has 0 aliphatic carbocycles. The number of fused-ring (bicyclic) bond motifs is 1. The van der Waals surface area contributed by atoms with Crippen molar-refractivity contribution in [1.29, 1.82) is 0 Å². The third-order valence-corrected chi connectivity index (χ3v) is 2.23. The molecule has 0 unspecified atom stereocenters. The molecular weight excluding hydrogens is 170 g/mol. The summed E-state index contributed by atoms with van der Waals surface area (Å²) in [7, 11) is 0. The average Bonchev–Trinajstić information content (AvgIpc) is 2.65. The molecule has 1 aromatic rings. The normalized spacial score (nSPS) is 12.1. The van der Waals surface area contributed by atoms with Crippen molar-refractivity contribution in [2.75, 3.05) is 0 Å². The molecule has 1 heteroatoms. The molecule has 14 heavy (non-hydrogen) atoms. The first kappa shape index (κ1) is 9.02. The molecule has 0 amide bonds. The van der Waals surface area contributed by atoms with Crippen LogP contribution in [0.3, 0.4) is 0 Å². The van der Waals surface area contributed by atoms with Crippen LogP contribution in [0.25, 0.3) is 0 Å². The molecule has 0 fully saturated rings. The first-order valence-electron chi connectivity index (χ1n) is 5.04. The lowest BCUT2D eigenvalue weighted by molar-refractivity contribution is 0.983. The van der Waals surface area contributed by atoms with Gasteiger partial charge < -0.3 is 0 Å². The minimum atomic E-state index is 0.970. The first-order valence-corrected chi connectivity index (χ1v) is 5.04. The van der Waals surface area contributed by atoms with Crippen molar-refractivity contribution in [3.8, 4) is 11.8 Å². The summed E-state index contributed by atoms with van der Waals surface area (Å²) in [5.41, 5.74) is 3.48. The van der Waals surface area contributed by atoms with Crippen LogP contribution < -0.4 is 0 Å². The lowest BCUT2D eigenvalue weighted by Gasteiger charge is -1.96. The highest BCUT2D eigenvalue weighted by Crippen LogP contribution is 2.24. The summed E-state index contributed by atoms with van der Waals surface area (Å²) < 4.78 is 0. The van der Waals surface area contributed by atoms with Gasteiger partial charge in [-0.2, -0.15) is 0 Å². The Labute approximate surface area is 84.9 Å². The van der Waals surface area contributed by atoms with Crippen LogP contribution in [-0.4, -0.2) is 6.21 Å². The number of aliphatic imine (C=N–C) groups is 1. The minimum absolute atomic E-state index is 0.970. The Morgan fingerprint density at radius 3 is 3.21 bits per heavy atom. The number of rotatable bonds is 1. The molecule has 0 atom stereocenters. The smallest absolute Gasteiger partial charge is 0.0673 e. The Bertz CT molecular complexity index is 419. The number of benzene rings is 1. The second-order valence-corrected chi connectivity index (χ2v) is 3.41. The van der Waals surface area contributed by atoms with E-state index in [-0.39, 0.29) is 0 Å². The van der Waals surface area contributed by atoms with Crippen LogP contribution in [0.2, 0.25) is 0 Å². The zero-order chi connectivity index (χ0) is 9.80. The third-order valence-electron chi connectivity index (χ3n) is 2.23. The van der Waals surface area contributed by atoms with Crippen molar-refractivity contribution in [2.45, 2.75) is 26.2 Å². The predicted octanol–water partition coefficient (Wildman–Crippen LogP) is 3.10. The van der Waals surface area contributed by atoms with Gasteiger partial charge >= 0.3 is 0 Å². The maximum absolute atomic E-state index is 4.30. The summed E-state index contributed by atoms with van der Waals surface area (Å²) in [6.07, 6.45) is 5.02. The van der Waals surface area contributed by atoms with Gasteiger partial charge in [-0.15, -0.1) is 0 Å². The molecule has 1 aromatic carbocycles. The van der Waals surface area contributed by atoms with Crippen molar-refractivity contribution in [3.63, 3.8) is 0 Å². The van der Waals surface area contributed by atoms with E-state index in [1.165, 1.54) is 5.56 Å². The quantitative estimate of drug-likeness (QED) is 0.593. The Balaban J connectivity index is 2.21. The molecule has 0 saturated heterocycles. The van der Waals surface area contributed by atoms with Crippen molar-refractivity contribution < 1.29 is 0 Å². The van der Waals surface area contributed by atoms with Gasteiger partial charge in [-0.25, -0.2) is 0 Å². The molecule has 70 valence electrons. The topological polar surface area (TPSA) is 12.4 Å². The summed E-state index contributed by atoms with van der Waals surface area (Å²) in [5.74, 6) is 6.29. The minimum Gasteiger partial charge on any atom is -0.261 e. The van der Waals surface area contributed by atoms with Crippen LogP contribution in [0.4, 0.5) is 5.69 Å². The third kappa shape index (κ3) is 1.85. The van der Waals surface area contributed by atoms with E-state index in [0.29, 0.717) is 0 Å². The molecule has 1 heterocycles. The van der Waals surface area contributed by atoms with Gasteiger partial charge in [0.1, 0.15) is 0 Å². The van der Waals surface area contributed by atoms with Gasteiger partial charge in [-0.05, 0) is 24.1 Å². The second kappa shape index (κ2) is 4.11. The fraction of sp³-hybridized carbons (Fsp3) is 0.308. The molecule has 1 aliphatic rings. The van der Waals surface area contributed by atoms with E-state index in [1.54, 1.807) is 0 Å². The van der Waals surface area contributed by atoms with E-state index in [2.05, 4.69) is 42.0 Å². The molecule has 0 bridgehead atoms. The number of hydrogen-bond acceptors (Lipinski definition) is 1.